The molecule has 0 spiro atoms. The van der Waals surface area contributed by atoms with Crippen LogP contribution in [0.4, 0.5) is 0 Å². The Hall–Kier alpha value is -2.85. The summed E-state index contributed by atoms with van der Waals surface area (Å²) in [4.78, 5) is 12.3. The predicted molar refractivity (Wildman–Crippen MR) is 105 cm³/mol. The number of rotatable bonds is 7. The first kappa shape index (κ1) is 18.0. The zero-order valence-corrected chi connectivity index (χ0v) is 15.2. The van der Waals surface area contributed by atoms with Crippen molar-refractivity contribution in [1.82, 2.24) is 4.57 Å². The van der Waals surface area contributed by atoms with E-state index in [0.717, 1.165) is 41.0 Å². The van der Waals surface area contributed by atoms with Gasteiger partial charge in [-0.1, -0.05) is 60.7 Å². The Morgan fingerprint density at radius 3 is 2.12 bits per heavy atom. The molecule has 0 aliphatic rings. The number of carbonyl (C=O) groups excluding carboxylic acids is 1. The van der Waals surface area contributed by atoms with E-state index in [4.69, 9.17) is 10.5 Å². The smallest absolute Gasteiger partial charge is 0.251 e. The number of carbonyl (C=O) groups is 1. The normalized spacial score (nSPS) is 10.8. The summed E-state index contributed by atoms with van der Waals surface area (Å²) in [6.45, 7) is 3.39. The second-order valence-electron chi connectivity index (χ2n) is 6.28. The summed E-state index contributed by atoms with van der Waals surface area (Å²) in [7, 11) is 1.70. The van der Waals surface area contributed by atoms with Crippen LogP contribution in [-0.2, 0) is 11.3 Å². The number of aromatic nitrogens is 1. The number of amides is 1. The molecule has 0 aliphatic heterocycles. The van der Waals surface area contributed by atoms with Crippen molar-refractivity contribution >= 4 is 5.91 Å². The molecule has 2 aromatic carbocycles. The minimum Gasteiger partial charge on any atom is -0.385 e. The van der Waals surface area contributed by atoms with E-state index in [1.165, 1.54) is 0 Å². The van der Waals surface area contributed by atoms with Crippen LogP contribution in [0.5, 0.6) is 0 Å². The van der Waals surface area contributed by atoms with Crippen LogP contribution in [-0.4, -0.2) is 24.2 Å². The zero-order chi connectivity index (χ0) is 18.5. The number of hydrogen-bond acceptors (Lipinski definition) is 2. The lowest BCUT2D eigenvalue weighted by Crippen LogP contribution is -2.13. The second kappa shape index (κ2) is 8.02. The fourth-order valence-electron chi connectivity index (χ4n) is 3.47. The number of primary amides is 1. The average Bonchev–Trinajstić information content (AvgIpc) is 2.96. The molecule has 1 heterocycles. The molecule has 4 nitrogen and oxygen atoms in total. The third-order valence-corrected chi connectivity index (χ3v) is 4.61. The van der Waals surface area contributed by atoms with E-state index in [1.807, 2.05) is 55.5 Å². The third kappa shape index (κ3) is 3.41. The minimum absolute atomic E-state index is 0.399. The summed E-state index contributed by atoms with van der Waals surface area (Å²) >= 11 is 0. The average molecular weight is 348 g/mol. The molecule has 0 saturated heterocycles. The number of nitrogens with zero attached hydrogens (tertiary/aromatic N) is 1. The Morgan fingerprint density at radius 2 is 1.58 bits per heavy atom. The first-order valence-corrected chi connectivity index (χ1v) is 8.77. The maximum absolute atomic E-state index is 12.3. The van der Waals surface area contributed by atoms with E-state index in [1.54, 1.807) is 7.11 Å². The van der Waals surface area contributed by atoms with Gasteiger partial charge in [-0.15, -0.1) is 0 Å². The molecule has 3 rings (SSSR count). The van der Waals surface area contributed by atoms with Crippen LogP contribution in [0.2, 0.25) is 0 Å². The van der Waals surface area contributed by atoms with Crippen LogP contribution in [0.1, 0.15) is 22.5 Å². The standard InChI is InChI=1S/C22H24N2O2/c1-16-19(22(23)25)20(17-10-5-3-6-11-17)21(18-12-7-4-8-13-18)24(16)14-9-15-26-2/h3-8,10-13H,9,14-15H2,1-2H3,(H2,23,25). The highest BCUT2D eigenvalue weighted by Gasteiger charge is 2.25. The van der Waals surface area contributed by atoms with Crippen molar-refractivity contribution in [1.29, 1.82) is 0 Å². The minimum atomic E-state index is -0.399. The quantitative estimate of drug-likeness (QED) is 0.648. The highest BCUT2D eigenvalue weighted by molar-refractivity contribution is 6.05. The van der Waals surface area contributed by atoms with E-state index in [2.05, 4.69) is 16.7 Å². The van der Waals surface area contributed by atoms with Gasteiger partial charge in [0, 0.05) is 31.5 Å². The molecule has 134 valence electrons. The van der Waals surface area contributed by atoms with Gasteiger partial charge in [0.15, 0.2) is 0 Å². The molecule has 26 heavy (non-hydrogen) atoms. The predicted octanol–water partition coefficient (Wildman–Crippen LogP) is 4.27. The Bertz CT molecular complexity index is 884. The summed E-state index contributed by atoms with van der Waals surface area (Å²) in [6, 6.07) is 20.1. The van der Waals surface area contributed by atoms with Gasteiger partial charge in [0.2, 0.25) is 0 Å². The zero-order valence-electron chi connectivity index (χ0n) is 15.2. The molecule has 0 unspecified atom stereocenters. The Labute approximate surface area is 154 Å². The molecule has 0 fully saturated rings. The van der Waals surface area contributed by atoms with Gasteiger partial charge in [-0.2, -0.15) is 0 Å². The van der Waals surface area contributed by atoms with Crippen molar-refractivity contribution in [2.75, 3.05) is 13.7 Å². The molecular weight excluding hydrogens is 324 g/mol. The monoisotopic (exact) mass is 348 g/mol. The lowest BCUT2D eigenvalue weighted by molar-refractivity contribution is 0.1000. The van der Waals surface area contributed by atoms with Gasteiger partial charge in [0.25, 0.3) is 5.91 Å². The van der Waals surface area contributed by atoms with E-state index in [-0.39, 0.29) is 0 Å². The van der Waals surface area contributed by atoms with Crippen LogP contribution in [0.25, 0.3) is 22.4 Å². The van der Waals surface area contributed by atoms with E-state index in [9.17, 15) is 4.79 Å². The van der Waals surface area contributed by atoms with E-state index in [0.29, 0.717) is 12.2 Å². The molecular formula is C22H24N2O2. The summed E-state index contributed by atoms with van der Waals surface area (Å²) in [5.74, 6) is -0.399. The topological polar surface area (TPSA) is 57.2 Å². The van der Waals surface area contributed by atoms with Crippen molar-refractivity contribution in [2.45, 2.75) is 19.9 Å². The molecule has 3 aromatic rings. The Kier molecular flexibility index (Phi) is 5.54. The van der Waals surface area contributed by atoms with Gasteiger partial charge in [-0.05, 0) is 24.5 Å². The Balaban J connectivity index is 2.29. The number of benzene rings is 2. The van der Waals surface area contributed by atoms with Crippen molar-refractivity contribution in [3.63, 3.8) is 0 Å². The lowest BCUT2D eigenvalue weighted by Gasteiger charge is -2.13. The highest BCUT2D eigenvalue weighted by atomic mass is 16.5. The Morgan fingerprint density at radius 1 is 1.00 bits per heavy atom. The number of nitrogens with two attached hydrogens (primary N) is 1. The van der Waals surface area contributed by atoms with Crippen LogP contribution < -0.4 is 5.73 Å². The number of ether oxygens (including phenoxy) is 1. The lowest BCUT2D eigenvalue weighted by atomic mass is 9.96. The first-order valence-electron chi connectivity index (χ1n) is 8.77. The van der Waals surface area contributed by atoms with Gasteiger partial charge in [-0.3, -0.25) is 4.79 Å². The molecule has 1 aromatic heterocycles. The van der Waals surface area contributed by atoms with E-state index >= 15 is 0 Å². The summed E-state index contributed by atoms with van der Waals surface area (Å²) in [5, 5.41) is 0. The maximum atomic E-state index is 12.3. The fourth-order valence-corrected chi connectivity index (χ4v) is 3.47. The van der Waals surface area contributed by atoms with Crippen molar-refractivity contribution in [3.05, 3.63) is 71.9 Å². The van der Waals surface area contributed by atoms with Crippen LogP contribution in [0, 0.1) is 6.92 Å². The molecule has 2 N–H and O–H groups in total. The van der Waals surface area contributed by atoms with Gasteiger partial charge in [0.1, 0.15) is 0 Å². The SMILES string of the molecule is COCCCn1c(C)c(C(N)=O)c(-c2ccccc2)c1-c1ccccc1. The molecule has 0 bridgehead atoms. The number of hydrogen-bond donors (Lipinski definition) is 1. The summed E-state index contributed by atoms with van der Waals surface area (Å²) < 4.78 is 7.40. The molecule has 0 atom stereocenters. The van der Waals surface area contributed by atoms with Crippen molar-refractivity contribution in [2.24, 2.45) is 5.73 Å². The summed E-state index contributed by atoms with van der Waals surface area (Å²) in [6.07, 6.45) is 0.859. The summed E-state index contributed by atoms with van der Waals surface area (Å²) in [5.41, 5.74) is 11.3. The van der Waals surface area contributed by atoms with Crippen molar-refractivity contribution < 1.29 is 9.53 Å². The van der Waals surface area contributed by atoms with Gasteiger partial charge >= 0.3 is 0 Å². The molecule has 4 heteroatoms. The van der Waals surface area contributed by atoms with Crippen molar-refractivity contribution in [3.8, 4) is 22.4 Å². The molecule has 1 amide bonds. The molecule has 0 saturated carbocycles. The van der Waals surface area contributed by atoms with Crippen LogP contribution in [0.3, 0.4) is 0 Å². The third-order valence-electron chi connectivity index (χ3n) is 4.61. The maximum Gasteiger partial charge on any atom is 0.251 e. The fraction of sp³-hybridized carbons (Fsp3) is 0.227. The van der Waals surface area contributed by atoms with Crippen LogP contribution >= 0.6 is 0 Å². The highest BCUT2D eigenvalue weighted by Crippen LogP contribution is 2.39. The van der Waals surface area contributed by atoms with Gasteiger partial charge in [0.05, 0.1) is 11.3 Å². The van der Waals surface area contributed by atoms with Gasteiger partial charge < -0.3 is 15.0 Å². The van der Waals surface area contributed by atoms with E-state index < -0.39 is 5.91 Å². The largest absolute Gasteiger partial charge is 0.385 e. The van der Waals surface area contributed by atoms with Gasteiger partial charge in [-0.25, -0.2) is 0 Å². The second-order valence-corrected chi connectivity index (χ2v) is 6.28. The number of methoxy groups -OCH3 is 1. The molecule has 0 radical (unpaired) electrons. The van der Waals surface area contributed by atoms with Crippen LogP contribution in [0.15, 0.2) is 60.7 Å². The first-order chi connectivity index (χ1) is 12.6. The molecule has 0 aliphatic carbocycles.